The van der Waals surface area contributed by atoms with Crippen LogP contribution in [0.3, 0.4) is 0 Å². The van der Waals surface area contributed by atoms with Gasteiger partial charge >= 0.3 is 0 Å². The number of aromatic nitrogens is 2. The van der Waals surface area contributed by atoms with E-state index in [1.54, 1.807) is 0 Å². The second-order valence-corrected chi connectivity index (χ2v) is 7.17. The summed E-state index contributed by atoms with van der Waals surface area (Å²) in [7, 11) is 2.02. The van der Waals surface area contributed by atoms with E-state index in [0.29, 0.717) is 18.8 Å². The number of para-hydroxylation sites is 2. The number of carbonyl (C=O) groups excluding carboxylic acids is 1. The Labute approximate surface area is 159 Å². The number of hydrogen-bond donors (Lipinski definition) is 0. The Morgan fingerprint density at radius 2 is 1.63 bits per heavy atom. The van der Waals surface area contributed by atoms with Crippen molar-refractivity contribution in [3.8, 4) is 0 Å². The topological polar surface area (TPSA) is 49.3 Å². The van der Waals surface area contributed by atoms with Gasteiger partial charge in [-0.05, 0) is 37.5 Å². The number of rotatable bonds is 3. The first-order valence-corrected chi connectivity index (χ1v) is 9.45. The van der Waals surface area contributed by atoms with Crippen molar-refractivity contribution in [2.24, 2.45) is 0 Å². The summed E-state index contributed by atoms with van der Waals surface area (Å²) in [5.41, 5.74) is 4.10. The summed E-state index contributed by atoms with van der Waals surface area (Å²) < 4.78 is 0. The molecule has 3 aromatic rings. The standard InChI is InChI=1S/C22H24N4O/c1-16-8-10-17(11-9-16)12-13-20(27)26-15-5-14-25(2)21-22(26)24-19-7-4-3-6-18(19)23-21/h3-4,6-11H,5,12-15H2,1-2H3. The molecule has 0 N–H and O–H groups in total. The average molecular weight is 360 g/mol. The minimum Gasteiger partial charge on any atom is -0.357 e. The first-order valence-electron chi connectivity index (χ1n) is 9.45. The maximum atomic E-state index is 13.0. The highest BCUT2D eigenvalue weighted by Gasteiger charge is 2.26. The molecule has 0 saturated heterocycles. The van der Waals surface area contributed by atoms with E-state index in [9.17, 15) is 4.79 Å². The van der Waals surface area contributed by atoms with Gasteiger partial charge < -0.3 is 4.90 Å². The Morgan fingerprint density at radius 3 is 2.33 bits per heavy atom. The zero-order chi connectivity index (χ0) is 18.8. The van der Waals surface area contributed by atoms with Crippen LogP contribution in [-0.2, 0) is 11.2 Å². The Morgan fingerprint density at radius 1 is 0.963 bits per heavy atom. The van der Waals surface area contributed by atoms with Crippen molar-refractivity contribution in [2.45, 2.75) is 26.2 Å². The molecule has 0 spiro atoms. The van der Waals surface area contributed by atoms with Gasteiger partial charge in [-0.1, -0.05) is 42.0 Å². The number of nitrogens with zero attached hydrogens (tertiary/aromatic N) is 4. The van der Waals surface area contributed by atoms with E-state index in [1.165, 1.54) is 11.1 Å². The largest absolute Gasteiger partial charge is 0.357 e. The summed E-state index contributed by atoms with van der Waals surface area (Å²) in [5.74, 6) is 1.58. The van der Waals surface area contributed by atoms with E-state index in [4.69, 9.17) is 9.97 Å². The summed E-state index contributed by atoms with van der Waals surface area (Å²) in [6.07, 6.45) is 2.11. The Bertz CT molecular complexity index is 968. The van der Waals surface area contributed by atoms with Crippen molar-refractivity contribution >= 4 is 28.6 Å². The van der Waals surface area contributed by atoms with Gasteiger partial charge in [0.2, 0.25) is 5.91 Å². The number of hydrogen-bond acceptors (Lipinski definition) is 4. The number of benzene rings is 2. The number of anilines is 2. The highest BCUT2D eigenvalue weighted by atomic mass is 16.2. The Balaban J connectivity index is 1.62. The second kappa shape index (κ2) is 7.35. The normalized spacial score (nSPS) is 14.1. The molecule has 2 heterocycles. The SMILES string of the molecule is Cc1ccc(CCC(=O)N2CCCN(C)c3nc4ccccc4nc32)cc1. The van der Waals surface area contributed by atoms with Crippen molar-refractivity contribution in [3.05, 3.63) is 59.7 Å². The fourth-order valence-electron chi connectivity index (χ4n) is 3.48. The molecule has 0 radical (unpaired) electrons. The molecule has 5 heteroatoms. The molecule has 1 aliphatic heterocycles. The van der Waals surface area contributed by atoms with E-state index in [0.717, 1.165) is 36.2 Å². The fourth-order valence-corrected chi connectivity index (χ4v) is 3.48. The molecular formula is C22H24N4O. The maximum absolute atomic E-state index is 13.0. The average Bonchev–Trinajstić information content (AvgIpc) is 2.84. The molecule has 0 saturated carbocycles. The van der Waals surface area contributed by atoms with Crippen LogP contribution >= 0.6 is 0 Å². The number of fused-ring (bicyclic) bond motifs is 2. The third kappa shape index (κ3) is 3.63. The lowest BCUT2D eigenvalue weighted by Gasteiger charge is -2.23. The van der Waals surface area contributed by atoms with E-state index in [-0.39, 0.29) is 5.91 Å². The van der Waals surface area contributed by atoms with E-state index in [2.05, 4.69) is 36.1 Å². The molecule has 0 unspecified atom stereocenters. The summed E-state index contributed by atoms with van der Waals surface area (Å²) in [6, 6.07) is 16.2. The summed E-state index contributed by atoms with van der Waals surface area (Å²) in [5, 5.41) is 0. The van der Waals surface area contributed by atoms with Crippen LogP contribution in [0.15, 0.2) is 48.5 Å². The fraction of sp³-hybridized carbons (Fsp3) is 0.318. The second-order valence-electron chi connectivity index (χ2n) is 7.17. The molecule has 5 nitrogen and oxygen atoms in total. The van der Waals surface area contributed by atoms with Crippen LogP contribution in [0, 0.1) is 6.92 Å². The smallest absolute Gasteiger partial charge is 0.228 e. The molecule has 1 aromatic heterocycles. The zero-order valence-electron chi connectivity index (χ0n) is 15.9. The van der Waals surface area contributed by atoms with Crippen molar-refractivity contribution in [1.29, 1.82) is 0 Å². The van der Waals surface area contributed by atoms with Crippen LogP contribution in [0.2, 0.25) is 0 Å². The van der Waals surface area contributed by atoms with Gasteiger partial charge in [0.05, 0.1) is 11.0 Å². The molecule has 1 amide bonds. The minimum atomic E-state index is 0.108. The van der Waals surface area contributed by atoms with Crippen molar-refractivity contribution in [2.75, 3.05) is 29.9 Å². The van der Waals surface area contributed by atoms with Crippen LogP contribution in [0.25, 0.3) is 11.0 Å². The predicted octanol–water partition coefficient (Wildman–Crippen LogP) is 3.74. The predicted molar refractivity (Wildman–Crippen MR) is 109 cm³/mol. The molecule has 1 aliphatic rings. The van der Waals surface area contributed by atoms with E-state index >= 15 is 0 Å². The van der Waals surface area contributed by atoms with E-state index in [1.807, 2.05) is 36.2 Å². The van der Waals surface area contributed by atoms with Crippen LogP contribution in [0.1, 0.15) is 24.0 Å². The molecule has 0 fully saturated rings. The number of carbonyl (C=O) groups is 1. The Hall–Kier alpha value is -2.95. The summed E-state index contributed by atoms with van der Waals surface area (Å²) in [6.45, 7) is 3.61. The molecule has 4 rings (SSSR count). The van der Waals surface area contributed by atoms with Crippen LogP contribution in [0.5, 0.6) is 0 Å². The highest BCUT2D eigenvalue weighted by molar-refractivity contribution is 5.96. The summed E-state index contributed by atoms with van der Waals surface area (Å²) in [4.78, 5) is 26.5. The van der Waals surface area contributed by atoms with Crippen molar-refractivity contribution < 1.29 is 4.79 Å². The van der Waals surface area contributed by atoms with Gasteiger partial charge in [-0.15, -0.1) is 0 Å². The lowest BCUT2D eigenvalue weighted by molar-refractivity contribution is -0.118. The van der Waals surface area contributed by atoms with E-state index < -0.39 is 0 Å². The lowest BCUT2D eigenvalue weighted by Crippen LogP contribution is -2.32. The monoisotopic (exact) mass is 360 g/mol. The van der Waals surface area contributed by atoms with Gasteiger partial charge in [0.25, 0.3) is 0 Å². The van der Waals surface area contributed by atoms with Crippen LogP contribution in [-0.4, -0.2) is 36.0 Å². The zero-order valence-corrected chi connectivity index (χ0v) is 15.9. The van der Waals surface area contributed by atoms with Gasteiger partial charge in [-0.2, -0.15) is 0 Å². The van der Waals surface area contributed by atoms with Gasteiger partial charge in [0.15, 0.2) is 11.6 Å². The minimum absolute atomic E-state index is 0.108. The number of amides is 1. The molecule has 2 aromatic carbocycles. The third-order valence-electron chi connectivity index (χ3n) is 5.08. The lowest BCUT2D eigenvalue weighted by atomic mass is 10.1. The van der Waals surface area contributed by atoms with Crippen LogP contribution in [0.4, 0.5) is 11.6 Å². The number of aryl methyl sites for hydroxylation is 2. The molecule has 138 valence electrons. The van der Waals surface area contributed by atoms with Crippen molar-refractivity contribution in [3.63, 3.8) is 0 Å². The summed E-state index contributed by atoms with van der Waals surface area (Å²) >= 11 is 0. The van der Waals surface area contributed by atoms with Gasteiger partial charge in [0, 0.05) is 26.6 Å². The highest BCUT2D eigenvalue weighted by Crippen LogP contribution is 2.30. The first kappa shape index (κ1) is 17.5. The molecular weight excluding hydrogens is 336 g/mol. The third-order valence-corrected chi connectivity index (χ3v) is 5.08. The maximum Gasteiger partial charge on any atom is 0.228 e. The first-order chi connectivity index (χ1) is 13.1. The van der Waals surface area contributed by atoms with Gasteiger partial charge in [-0.25, -0.2) is 9.97 Å². The quantitative estimate of drug-likeness (QED) is 0.714. The van der Waals surface area contributed by atoms with Crippen LogP contribution < -0.4 is 9.80 Å². The molecule has 0 aliphatic carbocycles. The Kier molecular flexibility index (Phi) is 4.75. The molecule has 0 bridgehead atoms. The van der Waals surface area contributed by atoms with Gasteiger partial charge in [0.1, 0.15) is 0 Å². The van der Waals surface area contributed by atoms with Gasteiger partial charge in [-0.3, -0.25) is 9.69 Å². The molecule has 0 atom stereocenters. The van der Waals surface area contributed by atoms with Crippen molar-refractivity contribution in [1.82, 2.24) is 9.97 Å². The molecule has 27 heavy (non-hydrogen) atoms.